The molecule has 3 heterocycles. The minimum absolute atomic E-state index is 0.174. The molecule has 1 aliphatic heterocycles. The molecule has 3 rings (SSSR count). The molecule has 14 heavy (non-hydrogen) atoms. The van der Waals surface area contributed by atoms with E-state index in [-0.39, 0.29) is 12.2 Å². The van der Waals surface area contributed by atoms with Crippen molar-refractivity contribution in [1.82, 2.24) is 4.57 Å². The van der Waals surface area contributed by atoms with Crippen LogP contribution in [0.15, 0.2) is 22.8 Å². The van der Waals surface area contributed by atoms with Crippen LogP contribution < -0.4 is 0 Å². The molecule has 0 amide bonds. The van der Waals surface area contributed by atoms with Crippen LogP contribution in [0.1, 0.15) is 30.1 Å². The number of fused-ring (bicyclic) bond motifs is 3. The number of carbonyl (C=O) groups excluding carboxylic acids is 1. The molecule has 0 saturated carbocycles. The first-order valence-electron chi connectivity index (χ1n) is 4.60. The Morgan fingerprint density at radius 2 is 2.43 bits per heavy atom. The number of esters is 1. The van der Waals surface area contributed by atoms with Crippen LogP contribution >= 0.6 is 0 Å². The molecule has 1 atom stereocenters. The molecular weight excluding hydrogens is 182 g/mol. The minimum atomic E-state index is -0.261. The molecule has 0 bridgehead atoms. The summed E-state index contributed by atoms with van der Waals surface area (Å²) in [6, 6.07) is 3.58. The van der Waals surface area contributed by atoms with Crippen LogP contribution in [0.25, 0.3) is 11.1 Å². The number of ether oxygens (including phenoxy) is 1. The molecule has 0 aromatic carbocycles. The van der Waals surface area contributed by atoms with Gasteiger partial charge in [-0.15, -0.1) is 0 Å². The van der Waals surface area contributed by atoms with Crippen LogP contribution in [0.2, 0.25) is 0 Å². The van der Waals surface area contributed by atoms with Crippen molar-refractivity contribution >= 4 is 17.1 Å². The number of hydrogen-bond acceptors (Lipinski definition) is 3. The zero-order valence-electron chi connectivity index (χ0n) is 7.69. The molecule has 0 saturated heterocycles. The normalized spacial score (nSPS) is 20.1. The second kappa shape index (κ2) is 2.41. The predicted molar refractivity (Wildman–Crippen MR) is 48.9 cm³/mol. The summed E-state index contributed by atoms with van der Waals surface area (Å²) in [6.45, 7) is 1.99. The van der Waals surface area contributed by atoms with E-state index in [0.29, 0.717) is 5.69 Å². The quantitative estimate of drug-likeness (QED) is 0.649. The molecule has 4 heteroatoms. The third kappa shape index (κ3) is 0.755. The van der Waals surface area contributed by atoms with Crippen molar-refractivity contribution in [3.05, 3.63) is 24.1 Å². The zero-order chi connectivity index (χ0) is 9.71. The maximum atomic E-state index is 11.4. The molecule has 4 nitrogen and oxygen atoms in total. The molecule has 0 spiro atoms. The number of aromatic nitrogens is 1. The van der Waals surface area contributed by atoms with Gasteiger partial charge in [-0.3, -0.25) is 4.57 Å². The summed E-state index contributed by atoms with van der Waals surface area (Å²) in [5.74, 6) is -0.261. The highest BCUT2D eigenvalue weighted by Gasteiger charge is 2.32. The Morgan fingerprint density at radius 1 is 1.57 bits per heavy atom. The molecule has 72 valence electrons. The van der Waals surface area contributed by atoms with Crippen molar-refractivity contribution in [2.75, 3.05) is 0 Å². The molecule has 2 aromatic rings. The van der Waals surface area contributed by atoms with Gasteiger partial charge < -0.3 is 9.15 Å². The van der Waals surface area contributed by atoms with E-state index in [4.69, 9.17) is 9.15 Å². The van der Waals surface area contributed by atoms with E-state index in [1.54, 1.807) is 12.3 Å². The van der Waals surface area contributed by atoms with E-state index in [9.17, 15) is 4.79 Å². The van der Waals surface area contributed by atoms with Crippen LogP contribution in [-0.4, -0.2) is 10.5 Å². The van der Waals surface area contributed by atoms with Crippen molar-refractivity contribution in [1.29, 1.82) is 0 Å². The number of hydrogen-bond donors (Lipinski definition) is 0. The monoisotopic (exact) mass is 191 g/mol. The van der Waals surface area contributed by atoms with Crippen molar-refractivity contribution in [2.24, 2.45) is 0 Å². The molecule has 1 unspecified atom stereocenters. The Bertz CT molecular complexity index is 508. The van der Waals surface area contributed by atoms with Gasteiger partial charge in [0.1, 0.15) is 5.69 Å². The molecule has 0 N–H and O–H groups in total. The summed E-state index contributed by atoms with van der Waals surface area (Å²) >= 11 is 0. The third-order valence-electron chi connectivity index (χ3n) is 2.55. The third-order valence-corrected chi connectivity index (χ3v) is 2.55. The van der Waals surface area contributed by atoms with E-state index >= 15 is 0 Å². The summed E-state index contributed by atoms with van der Waals surface area (Å²) in [7, 11) is 0. The Kier molecular flexibility index (Phi) is 1.32. The fraction of sp³-hybridized carbons (Fsp3) is 0.300. The number of rotatable bonds is 1. The Hall–Kier alpha value is -1.71. The van der Waals surface area contributed by atoms with Gasteiger partial charge in [-0.05, 0) is 0 Å². The van der Waals surface area contributed by atoms with Gasteiger partial charge in [0, 0.05) is 18.6 Å². The van der Waals surface area contributed by atoms with Gasteiger partial charge in [-0.2, -0.15) is 0 Å². The Labute approximate surface area is 80.1 Å². The van der Waals surface area contributed by atoms with E-state index in [0.717, 1.165) is 17.5 Å². The summed E-state index contributed by atoms with van der Waals surface area (Å²) in [6.07, 6.45) is 2.22. The first-order valence-corrected chi connectivity index (χ1v) is 4.60. The van der Waals surface area contributed by atoms with Crippen molar-refractivity contribution < 1.29 is 13.9 Å². The van der Waals surface area contributed by atoms with E-state index < -0.39 is 0 Å². The maximum Gasteiger partial charge on any atom is 0.357 e. The van der Waals surface area contributed by atoms with E-state index in [2.05, 4.69) is 0 Å². The van der Waals surface area contributed by atoms with Gasteiger partial charge in [-0.25, -0.2) is 4.79 Å². The minimum Gasteiger partial charge on any atom is -0.463 e. The summed E-state index contributed by atoms with van der Waals surface area (Å²) in [5, 5.41) is 0. The van der Waals surface area contributed by atoms with Crippen LogP contribution in [0.5, 0.6) is 0 Å². The van der Waals surface area contributed by atoms with Crippen LogP contribution in [-0.2, 0) is 4.74 Å². The van der Waals surface area contributed by atoms with Crippen molar-refractivity contribution in [3.8, 4) is 0 Å². The summed E-state index contributed by atoms with van der Waals surface area (Å²) in [5.41, 5.74) is 2.26. The Balaban J connectivity index is 2.33. The van der Waals surface area contributed by atoms with Gasteiger partial charge in [0.2, 0.25) is 0 Å². The molecule has 2 aromatic heterocycles. The topological polar surface area (TPSA) is 44.4 Å². The average Bonchev–Trinajstić information content (AvgIpc) is 2.77. The summed E-state index contributed by atoms with van der Waals surface area (Å²) in [4.78, 5) is 11.4. The zero-order valence-corrected chi connectivity index (χ0v) is 7.69. The lowest BCUT2D eigenvalue weighted by atomic mass is 10.4. The number of carbonyl (C=O) groups is 1. The number of furan rings is 1. The molecule has 0 fully saturated rings. The lowest BCUT2D eigenvalue weighted by Gasteiger charge is -2.08. The van der Waals surface area contributed by atoms with Gasteiger partial charge in [0.25, 0.3) is 0 Å². The van der Waals surface area contributed by atoms with Gasteiger partial charge in [0.05, 0.1) is 11.8 Å². The van der Waals surface area contributed by atoms with E-state index in [1.165, 1.54) is 0 Å². The van der Waals surface area contributed by atoms with Crippen molar-refractivity contribution in [2.45, 2.75) is 19.6 Å². The fourth-order valence-electron chi connectivity index (χ4n) is 1.91. The van der Waals surface area contributed by atoms with Crippen molar-refractivity contribution in [3.63, 3.8) is 0 Å². The molecular formula is C10H9NO3. The SMILES string of the molecule is CCC1OC(=O)c2cc3occc3n21. The molecule has 0 aliphatic carbocycles. The lowest BCUT2D eigenvalue weighted by molar-refractivity contribution is 0.0273. The highest BCUT2D eigenvalue weighted by molar-refractivity contribution is 5.95. The van der Waals surface area contributed by atoms with Crippen LogP contribution in [0.3, 0.4) is 0 Å². The van der Waals surface area contributed by atoms with E-state index in [1.807, 2.05) is 17.6 Å². The molecule has 0 radical (unpaired) electrons. The Morgan fingerprint density at radius 3 is 3.21 bits per heavy atom. The standard InChI is InChI=1S/C10H9NO3/c1-2-9-11-6-3-4-13-8(6)5-7(11)10(12)14-9/h3-5,9H,2H2,1H3. The van der Waals surface area contributed by atoms with Crippen LogP contribution in [0, 0.1) is 0 Å². The van der Waals surface area contributed by atoms with Crippen LogP contribution in [0.4, 0.5) is 0 Å². The van der Waals surface area contributed by atoms with Gasteiger partial charge in [-0.1, -0.05) is 6.92 Å². The first kappa shape index (κ1) is 7.67. The largest absolute Gasteiger partial charge is 0.463 e. The maximum absolute atomic E-state index is 11.4. The second-order valence-corrected chi connectivity index (χ2v) is 3.34. The first-order chi connectivity index (χ1) is 6.81. The lowest BCUT2D eigenvalue weighted by Crippen LogP contribution is -2.03. The summed E-state index contributed by atoms with van der Waals surface area (Å²) < 4.78 is 12.3. The smallest absolute Gasteiger partial charge is 0.357 e. The van der Waals surface area contributed by atoms with Gasteiger partial charge >= 0.3 is 5.97 Å². The van der Waals surface area contributed by atoms with Gasteiger partial charge in [0.15, 0.2) is 11.8 Å². The number of cyclic esters (lactones) is 1. The number of nitrogens with zero attached hydrogens (tertiary/aromatic N) is 1. The fourth-order valence-corrected chi connectivity index (χ4v) is 1.91. The predicted octanol–water partition coefficient (Wildman–Crippen LogP) is 2.31. The highest BCUT2D eigenvalue weighted by Crippen LogP contribution is 2.33. The highest BCUT2D eigenvalue weighted by atomic mass is 16.6. The average molecular weight is 191 g/mol. The second-order valence-electron chi connectivity index (χ2n) is 3.34. The molecule has 1 aliphatic rings.